The molecule has 0 amide bonds. The highest BCUT2D eigenvalue weighted by Gasteiger charge is 2.14. The summed E-state index contributed by atoms with van der Waals surface area (Å²) >= 11 is 0. The first-order valence-corrected chi connectivity index (χ1v) is 9.71. The quantitative estimate of drug-likeness (QED) is 0.832. The molecule has 3 heteroatoms. The molecule has 3 rings (SSSR count). The molecule has 2 aromatic rings. The lowest BCUT2D eigenvalue weighted by atomic mass is 10.0. The summed E-state index contributed by atoms with van der Waals surface area (Å²) in [5.74, 6) is 0. The maximum absolute atomic E-state index is 3.44. The van der Waals surface area contributed by atoms with Gasteiger partial charge in [-0.1, -0.05) is 25.5 Å². The van der Waals surface area contributed by atoms with E-state index in [2.05, 4.69) is 53.9 Å². The van der Waals surface area contributed by atoms with Crippen LogP contribution in [0.5, 0.6) is 0 Å². The molecule has 0 atom stereocenters. The van der Waals surface area contributed by atoms with Crippen LogP contribution < -0.4 is 5.32 Å². The second kappa shape index (κ2) is 8.17. The van der Waals surface area contributed by atoms with Crippen molar-refractivity contribution in [2.45, 2.75) is 53.0 Å². The molecule has 24 heavy (non-hydrogen) atoms. The van der Waals surface area contributed by atoms with Crippen LogP contribution in [0.15, 0.2) is 18.3 Å². The lowest BCUT2D eigenvalue weighted by molar-refractivity contribution is 0.238. The summed E-state index contributed by atoms with van der Waals surface area (Å²) in [6.07, 6.45) is 7.42. The van der Waals surface area contributed by atoms with Gasteiger partial charge in [0.2, 0.25) is 0 Å². The van der Waals surface area contributed by atoms with E-state index >= 15 is 0 Å². The fourth-order valence-corrected chi connectivity index (χ4v) is 4.01. The van der Waals surface area contributed by atoms with E-state index in [0.29, 0.717) is 0 Å². The van der Waals surface area contributed by atoms with Crippen molar-refractivity contribution >= 4 is 10.9 Å². The maximum Gasteiger partial charge on any atom is 0.0515 e. The normalized spacial score (nSPS) is 16.1. The molecule has 0 bridgehead atoms. The first-order chi connectivity index (χ1) is 11.7. The molecule has 0 unspecified atom stereocenters. The van der Waals surface area contributed by atoms with Gasteiger partial charge in [0, 0.05) is 44.3 Å². The number of piperazine rings is 1. The molecule has 1 aliphatic rings. The van der Waals surface area contributed by atoms with Gasteiger partial charge in [0.1, 0.15) is 0 Å². The number of nitrogens with one attached hydrogen (secondary N) is 1. The Morgan fingerprint density at radius 1 is 1.00 bits per heavy atom. The standard InChI is InChI=1S/C21H33N3/c1-4-5-13-24-16-19(7-6-12-23-14-10-22-11-15-23)20-17(2)8-9-18(3)21(20)24/h8-9,16,22H,4-7,10-15H2,1-3H3. The molecule has 1 N–H and O–H groups in total. The molecule has 0 spiro atoms. The third-order valence-electron chi connectivity index (χ3n) is 5.39. The van der Waals surface area contributed by atoms with Crippen LogP contribution in [0.4, 0.5) is 0 Å². The van der Waals surface area contributed by atoms with Crippen molar-refractivity contribution in [1.82, 2.24) is 14.8 Å². The zero-order valence-corrected chi connectivity index (χ0v) is 15.7. The first-order valence-electron chi connectivity index (χ1n) is 9.71. The minimum Gasteiger partial charge on any atom is -0.347 e. The van der Waals surface area contributed by atoms with Crippen LogP contribution in [0.1, 0.15) is 42.9 Å². The SMILES string of the molecule is CCCCn1cc(CCCN2CCNCC2)c2c(C)ccc(C)c21. The number of unbranched alkanes of at least 4 members (excludes halogenated alkanes) is 1. The second-order valence-corrected chi connectivity index (χ2v) is 7.32. The summed E-state index contributed by atoms with van der Waals surface area (Å²) in [6, 6.07) is 4.58. The molecular formula is C21H33N3. The van der Waals surface area contributed by atoms with Gasteiger partial charge in [-0.25, -0.2) is 0 Å². The van der Waals surface area contributed by atoms with E-state index in [9.17, 15) is 0 Å². The number of rotatable bonds is 7. The smallest absolute Gasteiger partial charge is 0.0515 e. The first kappa shape index (κ1) is 17.5. The van der Waals surface area contributed by atoms with Crippen LogP contribution >= 0.6 is 0 Å². The maximum atomic E-state index is 3.44. The van der Waals surface area contributed by atoms with Crippen molar-refractivity contribution < 1.29 is 0 Å². The number of hydrogen-bond acceptors (Lipinski definition) is 2. The van der Waals surface area contributed by atoms with Crippen LogP contribution in [0, 0.1) is 13.8 Å². The molecule has 0 radical (unpaired) electrons. The molecular weight excluding hydrogens is 294 g/mol. The minimum absolute atomic E-state index is 1.15. The van der Waals surface area contributed by atoms with Gasteiger partial charge in [-0.05, 0) is 56.3 Å². The van der Waals surface area contributed by atoms with Crippen molar-refractivity contribution in [1.29, 1.82) is 0 Å². The molecule has 1 aliphatic heterocycles. The van der Waals surface area contributed by atoms with Crippen molar-refractivity contribution in [3.05, 3.63) is 35.0 Å². The monoisotopic (exact) mass is 327 g/mol. The van der Waals surface area contributed by atoms with Crippen LogP contribution in [0.2, 0.25) is 0 Å². The Labute approximate surface area is 147 Å². The van der Waals surface area contributed by atoms with Gasteiger partial charge < -0.3 is 14.8 Å². The third kappa shape index (κ3) is 3.84. The number of aryl methyl sites for hydroxylation is 4. The topological polar surface area (TPSA) is 20.2 Å². The molecule has 1 aromatic heterocycles. The van der Waals surface area contributed by atoms with E-state index in [-0.39, 0.29) is 0 Å². The van der Waals surface area contributed by atoms with Crippen LogP contribution in [-0.4, -0.2) is 42.2 Å². The molecule has 3 nitrogen and oxygen atoms in total. The number of fused-ring (bicyclic) bond motifs is 1. The Hall–Kier alpha value is -1.32. The van der Waals surface area contributed by atoms with E-state index in [1.165, 1.54) is 67.3 Å². The molecule has 2 heterocycles. The third-order valence-corrected chi connectivity index (χ3v) is 5.39. The number of hydrogen-bond donors (Lipinski definition) is 1. The average molecular weight is 328 g/mol. The Morgan fingerprint density at radius 2 is 1.75 bits per heavy atom. The number of aromatic nitrogens is 1. The summed E-state index contributed by atoms with van der Waals surface area (Å²) in [5.41, 5.74) is 5.88. The minimum atomic E-state index is 1.15. The largest absolute Gasteiger partial charge is 0.347 e. The van der Waals surface area contributed by atoms with E-state index in [4.69, 9.17) is 0 Å². The van der Waals surface area contributed by atoms with E-state index < -0.39 is 0 Å². The predicted molar refractivity (Wildman–Crippen MR) is 104 cm³/mol. The highest BCUT2D eigenvalue weighted by atomic mass is 15.2. The Morgan fingerprint density at radius 3 is 2.50 bits per heavy atom. The molecule has 1 saturated heterocycles. The Bertz CT molecular complexity index is 665. The van der Waals surface area contributed by atoms with Gasteiger partial charge in [-0.2, -0.15) is 0 Å². The van der Waals surface area contributed by atoms with Crippen LogP contribution in [0.25, 0.3) is 10.9 Å². The summed E-state index contributed by atoms with van der Waals surface area (Å²) in [7, 11) is 0. The summed E-state index contributed by atoms with van der Waals surface area (Å²) in [5, 5.41) is 4.96. The Kier molecular flexibility index (Phi) is 5.96. The average Bonchev–Trinajstić information content (AvgIpc) is 2.97. The van der Waals surface area contributed by atoms with Crippen LogP contribution in [-0.2, 0) is 13.0 Å². The van der Waals surface area contributed by atoms with Crippen molar-refractivity contribution in [3.63, 3.8) is 0 Å². The van der Waals surface area contributed by atoms with Crippen molar-refractivity contribution in [2.75, 3.05) is 32.7 Å². The van der Waals surface area contributed by atoms with Gasteiger partial charge >= 0.3 is 0 Å². The molecule has 0 aliphatic carbocycles. The fourth-order valence-electron chi connectivity index (χ4n) is 4.01. The van der Waals surface area contributed by atoms with Gasteiger partial charge in [0.25, 0.3) is 0 Å². The highest BCUT2D eigenvalue weighted by Crippen LogP contribution is 2.29. The van der Waals surface area contributed by atoms with E-state index in [1.807, 2.05) is 0 Å². The van der Waals surface area contributed by atoms with Gasteiger partial charge in [0.05, 0.1) is 5.52 Å². The fraction of sp³-hybridized carbons (Fsp3) is 0.619. The number of nitrogens with zero attached hydrogens (tertiary/aromatic N) is 2. The van der Waals surface area contributed by atoms with Crippen molar-refractivity contribution in [2.24, 2.45) is 0 Å². The second-order valence-electron chi connectivity index (χ2n) is 7.32. The lowest BCUT2D eigenvalue weighted by Crippen LogP contribution is -2.43. The zero-order chi connectivity index (χ0) is 16.9. The van der Waals surface area contributed by atoms with Crippen LogP contribution in [0.3, 0.4) is 0 Å². The zero-order valence-electron chi connectivity index (χ0n) is 15.7. The van der Waals surface area contributed by atoms with Gasteiger partial charge in [-0.3, -0.25) is 0 Å². The summed E-state index contributed by atoms with van der Waals surface area (Å²) < 4.78 is 2.52. The molecule has 132 valence electrons. The predicted octanol–water partition coefficient (Wildman–Crippen LogP) is 3.90. The lowest BCUT2D eigenvalue weighted by Gasteiger charge is -2.27. The van der Waals surface area contributed by atoms with Crippen molar-refractivity contribution in [3.8, 4) is 0 Å². The molecule has 1 fully saturated rings. The van der Waals surface area contributed by atoms with Gasteiger partial charge in [0.15, 0.2) is 0 Å². The molecule has 0 saturated carbocycles. The summed E-state index contributed by atoms with van der Waals surface area (Å²) in [6.45, 7) is 13.9. The van der Waals surface area contributed by atoms with E-state index in [0.717, 1.165) is 19.6 Å². The summed E-state index contributed by atoms with van der Waals surface area (Å²) in [4.78, 5) is 2.60. The van der Waals surface area contributed by atoms with E-state index in [1.54, 1.807) is 5.56 Å². The highest BCUT2D eigenvalue weighted by molar-refractivity contribution is 5.89. The molecule has 1 aromatic carbocycles. The Balaban J connectivity index is 1.77. The number of benzene rings is 1. The van der Waals surface area contributed by atoms with Gasteiger partial charge in [-0.15, -0.1) is 0 Å².